The Bertz CT molecular complexity index is 109. The number of esters is 1. The summed E-state index contributed by atoms with van der Waals surface area (Å²) in [6.45, 7) is 2.30. The molecule has 1 rings (SSSR count). The first-order valence-corrected chi connectivity index (χ1v) is 2.77. The molecule has 1 fully saturated rings. The minimum absolute atomic E-state index is 0.234. The highest BCUT2D eigenvalue weighted by Crippen LogP contribution is 1.95. The molecule has 1 saturated heterocycles. The second kappa shape index (κ2) is 2.80. The van der Waals surface area contributed by atoms with Crippen molar-refractivity contribution in [2.45, 2.75) is 13.2 Å². The van der Waals surface area contributed by atoms with Gasteiger partial charge in [0.25, 0.3) is 0 Å². The minimum atomic E-state index is -0.280. The van der Waals surface area contributed by atoms with Gasteiger partial charge in [0.05, 0.1) is 13.3 Å². The molecule has 0 bridgehead atoms. The molecule has 1 N–H and O–H groups in total. The van der Waals surface area contributed by atoms with Crippen molar-refractivity contribution in [2.24, 2.45) is 0 Å². The van der Waals surface area contributed by atoms with Crippen LogP contribution in [0.25, 0.3) is 0 Å². The Morgan fingerprint density at radius 2 is 2.67 bits per heavy atom. The van der Waals surface area contributed by atoms with Crippen molar-refractivity contribution in [1.82, 2.24) is 5.32 Å². The number of nitrogens with one attached hydrogen (secondary N) is 1. The molecule has 1 heterocycles. The van der Waals surface area contributed by atoms with Crippen LogP contribution in [0.5, 0.6) is 0 Å². The maximum absolute atomic E-state index is 10.3. The van der Waals surface area contributed by atoms with Crippen molar-refractivity contribution in [3.8, 4) is 0 Å². The number of carbonyl (C=O) groups is 1. The largest absolute Gasteiger partial charge is 0.444 e. The van der Waals surface area contributed by atoms with E-state index in [-0.39, 0.29) is 12.2 Å². The molecule has 1 unspecified atom stereocenters. The van der Waals surface area contributed by atoms with Crippen LogP contribution in [-0.2, 0) is 14.3 Å². The van der Waals surface area contributed by atoms with Gasteiger partial charge in [0.1, 0.15) is 0 Å². The van der Waals surface area contributed by atoms with Gasteiger partial charge >= 0.3 is 5.97 Å². The summed E-state index contributed by atoms with van der Waals surface area (Å²) in [5.41, 5.74) is 0. The molecular formula is C5H9NO3. The van der Waals surface area contributed by atoms with Crippen molar-refractivity contribution >= 4 is 5.97 Å². The van der Waals surface area contributed by atoms with Crippen molar-refractivity contribution in [3.05, 3.63) is 0 Å². The summed E-state index contributed by atoms with van der Waals surface area (Å²) in [6.07, 6.45) is -0.234. The van der Waals surface area contributed by atoms with E-state index < -0.39 is 0 Å². The fourth-order valence-corrected chi connectivity index (χ4v) is 0.653. The molecular weight excluding hydrogens is 122 g/mol. The lowest BCUT2D eigenvalue weighted by molar-refractivity contribution is -0.147. The van der Waals surface area contributed by atoms with E-state index in [9.17, 15) is 4.79 Å². The summed E-state index contributed by atoms with van der Waals surface area (Å²) < 4.78 is 9.61. The van der Waals surface area contributed by atoms with Crippen molar-refractivity contribution < 1.29 is 14.3 Å². The van der Waals surface area contributed by atoms with Gasteiger partial charge in [-0.1, -0.05) is 0 Å². The molecule has 4 heteroatoms. The predicted octanol–water partition coefficient (Wildman–Crippen LogP) is -0.547. The summed E-state index contributed by atoms with van der Waals surface area (Å²) in [7, 11) is 0. The van der Waals surface area contributed by atoms with Crippen molar-refractivity contribution in [1.29, 1.82) is 0 Å². The number of hydrogen-bond donors (Lipinski definition) is 1. The summed E-state index contributed by atoms with van der Waals surface area (Å²) in [4.78, 5) is 10.3. The van der Waals surface area contributed by atoms with Crippen LogP contribution in [0.2, 0.25) is 0 Å². The zero-order valence-electron chi connectivity index (χ0n) is 5.22. The Labute approximate surface area is 53.1 Å². The first-order chi connectivity index (χ1) is 4.29. The molecule has 4 nitrogen and oxygen atoms in total. The molecule has 9 heavy (non-hydrogen) atoms. The Morgan fingerprint density at radius 3 is 3.11 bits per heavy atom. The van der Waals surface area contributed by atoms with Crippen LogP contribution >= 0.6 is 0 Å². The summed E-state index contributed by atoms with van der Waals surface area (Å²) in [5, 5.41) is 2.82. The second-order valence-electron chi connectivity index (χ2n) is 1.82. The van der Waals surface area contributed by atoms with Crippen LogP contribution in [0.3, 0.4) is 0 Å². The maximum Gasteiger partial charge on any atom is 0.304 e. The smallest absolute Gasteiger partial charge is 0.304 e. The molecule has 0 aromatic carbocycles. The monoisotopic (exact) mass is 131 g/mol. The molecule has 1 aliphatic heterocycles. The van der Waals surface area contributed by atoms with Crippen LogP contribution in [-0.4, -0.2) is 25.5 Å². The number of ether oxygens (including phenoxy) is 2. The van der Waals surface area contributed by atoms with Crippen molar-refractivity contribution in [2.75, 3.05) is 13.3 Å². The number of hydrogen-bond acceptors (Lipinski definition) is 4. The molecule has 0 aliphatic carbocycles. The highest BCUT2D eigenvalue weighted by molar-refractivity contribution is 5.66. The fourth-order valence-electron chi connectivity index (χ4n) is 0.653. The van der Waals surface area contributed by atoms with E-state index in [4.69, 9.17) is 9.47 Å². The zero-order valence-corrected chi connectivity index (χ0v) is 5.22. The van der Waals surface area contributed by atoms with Gasteiger partial charge in [-0.15, -0.1) is 0 Å². The topological polar surface area (TPSA) is 47.6 Å². The molecule has 0 amide bonds. The Balaban J connectivity index is 2.19. The summed E-state index contributed by atoms with van der Waals surface area (Å²) in [6, 6.07) is 0. The van der Waals surface area contributed by atoms with Gasteiger partial charge in [-0.3, -0.25) is 10.1 Å². The second-order valence-corrected chi connectivity index (χ2v) is 1.82. The van der Waals surface area contributed by atoms with E-state index in [0.29, 0.717) is 13.3 Å². The molecule has 0 aromatic heterocycles. The van der Waals surface area contributed by atoms with Gasteiger partial charge in [-0.2, -0.15) is 0 Å². The highest BCUT2D eigenvalue weighted by atomic mass is 16.6. The molecule has 52 valence electrons. The normalized spacial score (nSPS) is 26.1. The number of carbonyl (C=O) groups excluding carboxylic acids is 1. The van der Waals surface area contributed by atoms with Crippen LogP contribution in [0.15, 0.2) is 0 Å². The average molecular weight is 131 g/mol. The molecule has 1 atom stereocenters. The molecule has 0 radical (unpaired) electrons. The van der Waals surface area contributed by atoms with Gasteiger partial charge < -0.3 is 9.47 Å². The van der Waals surface area contributed by atoms with E-state index in [1.807, 2.05) is 0 Å². The Kier molecular flexibility index (Phi) is 2.02. The van der Waals surface area contributed by atoms with Crippen molar-refractivity contribution in [3.63, 3.8) is 0 Å². The van der Waals surface area contributed by atoms with Gasteiger partial charge in [0.15, 0.2) is 6.23 Å². The predicted molar refractivity (Wildman–Crippen MR) is 29.5 cm³/mol. The van der Waals surface area contributed by atoms with Crippen LogP contribution < -0.4 is 5.32 Å². The van der Waals surface area contributed by atoms with E-state index in [1.54, 1.807) is 0 Å². The van der Waals surface area contributed by atoms with Crippen LogP contribution in [0.1, 0.15) is 6.92 Å². The standard InChI is InChI=1S/C5H9NO3/c1-4(7)9-5-2-8-3-6-5/h5-6H,2-3H2,1H3. The first kappa shape index (κ1) is 6.51. The minimum Gasteiger partial charge on any atom is -0.444 e. The molecule has 0 saturated carbocycles. The summed E-state index contributed by atoms with van der Waals surface area (Å²) in [5.74, 6) is -0.280. The van der Waals surface area contributed by atoms with E-state index in [1.165, 1.54) is 6.92 Å². The van der Waals surface area contributed by atoms with Gasteiger partial charge in [-0.05, 0) is 0 Å². The van der Waals surface area contributed by atoms with Gasteiger partial charge in [0.2, 0.25) is 0 Å². The first-order valence-electron chi connectivity index (χ1n) is 2.77. The Morgan fingerprint density at radius 1 is 1.89 bits per heavy atom. The summed E-state index contributed by atoms with van der Waals surface area (Å²) >= 11 is 0. The molecule has 0 aromatic rings. The lowest BCUT2D eigenvalue weighted by Crippen LogP contribution is -2.28. The zero-order chi connectivity index (χ0) is 6.69. The third-order valence-electron chi connectivity index (χ3n) is 0.991. The van der Waals surface area contributed by atoms with Crippen LogP contribution in [0.4, 0.5) is 0 Å². The molecule has 0 spiro atoms. The lowest BCUT2D eigenvalue weighted by atomic mass is 10.6. The van der Waals surface area contributed by atoms with Crippen LogP contribution in [0, 0.1) is 0 Å². The SMILES string of the molecule is CC(=O)OC1COCN1. The van der Waals surface area contributed by atoms with Gasteiger partial charge in [-0.25, -0.2) is 0 Å². The highest BCUT2D eigenvalue weighted by Gasteiger charge is 2.16. The van der Waals surface area contributed by atoms with E-state index >= 15 is 0 Å². The average Bonchev–Trinajstić information content (AvgIpc) is 2.15. The lowest BCUT2D eigenvalue weighted by Gasteiger charge is -2.06. The fraction of sp³-hybridized carbons (Fsp3) is 0.800. The van der Waals surface area contributed by atoms with Gasteiger partial charge in [0, 0.05) is 6.92 Å². The van der Waals surface area contributed by atoms with E-state index in [0.717, 1.165) is 0 Å². The van der Waals surface area contributed by atoms with E-state index in [2.05, 4.69) is 5.32 Å². The third-order valence-corrected chi connectivity index (χ3v) is 0.991. The quantitative estimate of drug-likeness (QED) is 0.485. The maximum atomic E-state index is 10.3. The molecule has 1 aliphatic rings. The number of rotatable bonds is 1. The Hall–Kier alpha value is -0.610. The third kappa shape index (κ3) is 1.99.